The molecule has 52 valence electrons. The van der Waals surface area contributed by atoms with Crippen LogP contribution in [0.1, 0.15) is 0 Å². The Morgan fingerprint density at radius 1 is 1.70 bits per heavy atom. The molecule has 0 fully saturated rings. The van der Waals surface area contributed by atoms with Gasteiger partial charge < -0.3 is 5.73 Å². The zero-order valence-electron chi connectivity index (χ0n) is 5.24. The largest absolute Gasteiger partial charge is 0.378 e. The smallest absolute Gasteiger partial charge is 0.156 e. The second-order valence-electron chi connectivity index (χ2n) is 1.66. The van der Waals surface area contributed by atoms with E-state index in [1.807, 2.05) is 12.1 Å². The number of nitrogens with zero attached hydrogens (tertiary/aromatic N) is 1. The molecule has 0 saturated heterocycles. The Hall–Kier alpha value is -1.03. The van der Waals surface area contributed by atoms with Crippen LogP contribution in [0.5, 0.6) is 0 Å². The lowest BCUT2D eigenvalue weighted by Crippen LogP contribution is -2.02. The maximum Gasteiger partial charge on any atom is 0.156 e. The Morgan fingerprint density at radius 3 is 3.00 bits per heavy atom. The third kappa shape index (κ3) is 2.06. The van der Waals surface area contributed by atoms with Gasteiger partial charge >= 0.3 is 0 Å². The molecule has 1 rings (SSSR count). The maximum atomic E-state index is 6.94. The van der Waals surface area contributed by atoms with Gasteiger partial charge in [-0.1, -0.05) is 11.8 Å². The highest BCUT2D eigenvalue weighted by Gasteiger charge is 1.92. The topological polar surface area (TPSA) is 62.8 Å². The van der Waals surface area contributed by atoms with Gasteiger partial charge in [0.1, 0.15) is 0 Å². The van der Waals surface area contributed by atoms with Crippen molar-refractivity contribution in [2.45, 2.75) is 4.90 Å². The van der Waals surface area contributed by atoms with Gasteiger partial charge in [0.25, 0.3) is 0 Å². The highest BCUT2D eigenvalue weighted by molar-refractivity contribution is 8.13. The van der Waals surface area contributed by atoms with Crippen LogP contribution in [0.4, 0.5) is 0 Å². The van der Waals surface area contributed by atoms with E-state index >= 15 is 0 Å². The van der Waals surface area contributed by atoms with Crippen LogP contribution in [0.3, 0.4) is 0 Å². The van der Waals surface area contributed by atoms with Crippen molar-refractivity contribution in [2.24, 2.45) is 5.73 Å². The van der Waals surface area contributed by atoms with Gasteiger partial charge in [0.2, 0.25) is 0 Å². The molecule has 0 radical (unpaired) electrons. The molecule has 0 unspecified atom stereocenters. The summed E-state index contributed by atoms with van der Waals surface area (Å²) < 4.78 is 0. The van der Waals surface area contributed by atoms with E-state index in [1.54, 1.807) is 12.4 Å². The van der Waals surface area contributed by atoms with Gasteiger partial charge in [-0.05, 0) is 12.1 Å². The number of pyridine rings is 1. The second kappa shape index (κ2) is 3.22. The number of nitrogens with two attached hydrogens (primary N) is 1. The summed E-state index contributed by atoms with van der Waals surface area (Å²) in [5.74, 6) is 0. The fraction of sp³-hybridized carbons (Fsp3) is 0. The average molecular weight is 153 g/mol. The Balaban J connectivity index is 2.67. The maximum absolute atomic E-state index is 6.94. The first-order chi connectivity index (χ1) is 4.79. The summed E-state index contributed by atoms with van der Waals surface area (Å²) in [6.45, 7) is 0. The summed E-state index contributed by atoms with van der Waals surface area (Å²) in [6.07, 6.45) is 3.36. The van der Waals surface area contributed by atoms with Gasteiger partial charge in [0, 0.05) is 17.3 Å². The molecule has 0 saturated carbocycles. The summed E-state index contributed by atoms with van der Waals surface area (Å²) in [7, 11) is 0. The Labute approximate surface area is 63.2 Å². The first-order valence-corrected chi connectivity index (χ1v) is 3.52. The normalized spacial score (nSPS) is 9.20. The highest BCUT2D eigenvalue weighted by Crippen LogP contribution is 2.13. The van der Waals surface area contributed by atoms with E-state index in [9.17, 15) is 0 Å². The number of rotatable bonds is 1. The van der Waals surface area contributed by atoms with Crippen LogP contribution in [0, 0.1) is 5.41 Å². The number of aromatic nitrogens is 1. The molecule has 3 N–H and O–H groups in total. The minimum absolute atomic E-state index is 0.0907. The monoisotopic (exact) mass is 153 g/mol. The summed E-state index contributed by atoms with van der Waals surface area (Å²) >= 11 is 1.20. The minimum Gasteiger partial charge on any atom is -0.378 e. The number of hydrogen-bond donors (Lipinski definition) is 2. The van der Waals surface area contributed by atoms with Crippen molar-refractivity contribution >= 4 is 16.9 Å². The van der Waals surface area contributed by atoms with Crippen molar-refractivity contribution in [3.8, 4) is 0 Å². The van der Waals surface area contributed by atoms with E-state index in [1.165, 1.54) is 11.8 Å². The van der Waals surface area contributed by atoms with E-state index in [0.29, 0.717) is 0 Å². The first kappa shape index (κ1) is 7.08. The van der Waals surface area contributed by atoms with Crippen molar-refractivity contribution < 1.29 is 0 Å². The number of thioether (sulfide) groups is 1. The van der Waals surface area contributed by atoms with Crippen LogP contribution < -0.4 is 5.73 Å². The molecule has 0 aliphatic rings. The van der Waals surface area contributed by atoms with Gasteiger partial charge in [0.15, 0.2) is 5.17 Å². The number of amidine groups is 1. The van der Waals surface area contributed by atoms with Gasteiger partial charge in [0.05, 0.1) is 0 Å². The van der Waals surface area contributed by atoms with E-state index in [0.717, 1.165) is 4.90 Å². The molecule has 0 aliphatic heterocycles. The van der Waals surface area contributed by atoms with Gasteiger partial charge in [-0.15, -0.1) is 0 Å². The molecule has 0 bridgehead atoms. The average Bonchev–Trinajstić information content (AvgIpc) is 1.88. The molecule has 0 amide bonds. The van der Waals surface area contributed by atoms with Crippen LogP contribution in [0.25, 0.3) is 0 Å². The van der Waals surface area contributed by atoms with Crippen LogP contribution in [-0.4, -0.2) is 10.2 Å². The molecule has 1 heterocycles. The van der Waals surface area contributed by atoms with Crippen molar-refractivity contribution in [2.75, 3.05) is 0 Å². The Kier molecular flexibility index (Phi) is 2.28. The van der Waals surface area contributed by atoms with Gasteiger partial charge in [-0.2, -0.15) is 0 Å². The number of hydrogen-bond acceptors (Lipinski definition) is 3. The fourth-order valence-electron chi connectivity index (χ4n) is 0.534. The molecule has 0 aliphatic carbocycles. The zero-order chi connectivity index (χ0) is 7.40. The molecule has 1 aromatic rings. The SMILES string of the molecule is N=C(N)Sc1cccnc1. The summed E-state index contributed by atoms with van der Waals surface area (Å²) in [5, 5.41) is 7.04. The highest BCUT2D eigenvalue weighted by atomic mass is 32.2. The molecular weight excluding hydrogens is 146 g/mol. The van der Waals surface area contributed by atoms with Gasteiger partial charge in [-0.3, -0.25) is 10.4 Å². The zero-order valence-corrected chi connectivity index (χ0v) is 6.06. The van der Waals surface area contributed by atoms with Gasteiger partial charge in [-0.25, -0.2) is 0 Å². The molecule has 10 heavy (non-hydrogen) atoms. The Morgan fingerprint density at radius 2 is 2.50 bits per heavy atom. The standard InChI is InChI=1S/C6H7N3S/c7-6(8)10-5-2-1-3-9-4-5/h1-4H,(H3,7,8). The summed E-state index contributed by atoms with van der Waals surface area (Å²) in [4.78, 5) is 4.76. The summed E-state index contributed by atoms with van der Waals surface area (Å²) in [5.41, 5.74) is 5.14. The molecule has 4 heteroatoms. The van der Waals surface area contributed by atoms with E-state index in [-0.39, 0.29) is 5.17 Å². The fourth-order valence-corrected chi connectivity index (χ4v) is 1.05. The third-order valence-corrected chi connectivity index (χ3v) is 1.56. The molecular formula is C6H7N3S. The predicted molar refractivity (Wildman–Crippen MR) is 42.0 cm³/mol. The second-order valence-corrected chi connectivity index (χ2v) is 2.77. The van der Waals surface area contributed by atoms with Crippen LogP contribution >= 0.6 is 11.8 Å². The van der Waals surface area contributed by atoms with E-state index in [4.69, 9.17) is 11.1 Å². The van der Waals surface area contributed by atoms with Crippen LogP contribution in [-0.2, 0) is 0 Å². The minimum atomic E-state index is 0.0907. The Bertz CT molecular complexity index is 222. The van der Waals surface area contributed by atoms with Crippen LogP contribution in [0.15, 0.2) is 29.4 Å². The van der Waals surface area contributed by atoms with E-state index in [2.05, 4.69) is 4.98 Å². The third-order valence-electron chi connectivity index (χ3n) is 0.862. The van der Waals surface area contributed by atoms with Crippen molar-refractivity contribution in [3.63, 3.8) is 0 Å². The molecule has 0 atom stereocenters. The van der Waals surface area contributed by atoms with Crippen molar-refractivity contribution in [1.82, 2.24) is 4.98 Å². The van der Waals surface area contributed by atoms with Crippen LogP contribution in [0.2, 0.25) is 0 Å². The molecule has 0 spiro atoms. The lowest BCUT2D eigenvalue weighted by Gasteiger charge is -1.94. The molecule has 1 aromatic heterocycles. The lowest BCUT2D eigenvalue weighted by atomic mass is 10.5. The quantitative estimate of drug-likeness (QED) is 0.360. The van der Waals surface area contributed by atoms with E-state index < -0.39 is 0 Å². The lowest BCUT2D eigenvalue weighted by molar-refractivity contribution is 1.24. The first-order valence-electron chi connectivity index (χ1n) is 2.71. The molecule has 0 aromatic carbocycles. The van der Waals surface area contributed by atoms with Crippen molar-refractivity contribution in [1.29, 1.82) is 5.41 Å². The number of nitrogens with one attached hydrogen (secondary N) is 1. The molecule has 3 nitrogen and oxygen atoms in total. The summed E-state index contributed by atoms with van der Waals surface area (Å²) in [6, 6.07) is 3.67. The van der Waals surface area contributed by atoms with Crippen molar-refractivity contribution in [3.05, 3.63) is 24.5 Å². The predicted octanol–water partition coefficient (Wildman–Crippen LogP) is 1.07.